The van der Waals surface area contributed by atoms with E-state index in [4.69, 9.17) is 4.52 Å². The van der Waals surface area contributed by atoms with Gasteiger partial charge in [0.15, 0.2) is 0 Å². The lowest BCUT2D eigenvalue weighted by molar-refractivity contribution is -0.129. The lowest BCUT2D eigenvalue weighted by atomic mass is 10.2. The number of nitrogens with one attached hydrogen (secondary N) is 1. The molecule has 23 heavy (non-hydrogen) atoms. The number of aryl methyl sites for hydroxylation is 1. The van der Waals surface area contributed by atoms with E-state index in [9.17, 15) is 4.79 Å². The molecule has 0 aliphatic heterocycles. The molecule has 0 radical (unpaired) electrons. The third-order valence-electron chi connectivity index (χ3n) is 3.04. The van der Waals surface area contributed by atoms with E-state index in [1.54, 1.807) is 18.1 Å². The summed E-state index contributed by atoms with van der Waals surface area (Å²) in [6.07, 6.45) is 2.46. The van der Waals surface area contributed by atoms with Crippen LogP contribution in [0.25, 0.3) is 11.5 Å². The summed E-state index contributed by atoms with van der Waals surface area (Å²) in [4.78, 5) is 22.0. The van der Waals surface area contributed by atoms with Crippen molar-refractivity contribution < 1.29 is 9.32 Å². The maximum atomic E-state index is 11.9. The van der Waals surface area contributed by atoms with Crippen molar-refractivity contribution in [2.75, 3.05) is 27.2 Å². The Morgan fingerprint density at radius 2 is 2.13 bits per heavy atom. The number of hydrogen-bond donors (Lipinski definition) is 1. The zero-order valence-electron chi connectivity index (χ0n) is 13.1. The van der Waals surface area contributed by atoms with Crippen LogP contribution in [0.3, 0.4) is 0 Å². The molecule has 2 aromatic rings. The molecular weight excluding hydrogens is 341 g/mol. The monoisotopic (exact) mass is 361 g/mol. The molecule has 2 aromatic heterocycles. The molecule has 9 heteroatoms. The van der Waals surface area contributed by atoms with Crippen LogP contribution in [-0.2, 0) is 11.2 Å². The van der Waals surface area contributed by atoms with Gasteiger partial charge in [0.2, 0.25) is 17.6 Å². The highest BCUT2D eigenvalue weighted by molar-refractivity contribution is 5.85. The highest BCUT2D eigenvalue weighted by Crippen LogP contribution is 2.12. The Hall–Kier alpha value is -1.70. The van der Waals surface area contributed by atoms with Gasteiger partial charge >= 0.3 is 0 Å². The summed E-state index contributed by atoms with van der Waals surface area (Å²) in [6.45, 7) is 1.45. The van der Waals surface area contributed by atoms with Gasteiger partial charge in [-0.2, -0.15) is 4.98 Å². The summed E-state index contributed by atoms with van der Waals surface area (Å²) in [5, 5.41) is 6.88. The van der Waals surface area contributed by atoms with E-state index < -0.39 is 0 Å². The van der Waals surface area contributed by atoms with Gasteiger partial charge in [-0.1, -0.05) is 11.2 Å². The maximum absolute atomic E-state index is 11.9. The summed E-state index contributed by atoms with van der Waals surface area (Å²) in [7, 11) is 3.64. The fourth-order valence-corrected chi connectivity index (χ4v) is 1.76. The second kappa shape index (κ2) is 10.9. The summed E-state index contributed by atoms with van der Waals surface area (Å²) in [5.74, 6) is 0.954. The van der Waals surface area contributed by atoms with Gasteiger partial charge in [-0.25, -0.2) is 0 Å². The van der Waals surface area contributed by atoms with Gasteiger partial charge in [0.25, 0.3) is 0 Å². The van der Waals surface area contributed by atoms with E-state index in [0.717, 1.165) is 6.54 Å². The zero-order chi connectivity index (χ0) is 15.1. The average Bonchev–Trinajstić information content (AvgIpc) is 3.00. The number of halogens is 2. The highest BCUT2D eigenvalue weighted by atomic mass is 35.5. The van der Waals surface area contributed by atoms with E-state index in [2.05, 4.69) is 20.4 Å². The zero-order valence-corrected chi connectivity index (χ0v) is 14.7. The number of nitrogens with zero attached hydrogens (tertiary/aromatic N) is 4. The summed E-state index contributed by atoms with van der Waals surface area (Å²) in [6, 6.07) is 5.49. The van der Waals surface area contributed by atoms with Crippen molar-refractivity contribution in [1.82, 2.24) is 25.3 Å². The number of rotatable bonds is 7. The topological polar surface area (TPSA) is 84.2 Å². The summed E-state index contributed by atoms with van der Waals surface area (Å²) in [5.41, 5.74) is 0.657. The predicted molar refractivity (Wildman–Crippen MR) is 91.9 cm³/mol. The highest BCUT2D eigenvalue weighted by Gasteiger charge is 2.13. The summed E-state index contributed by atoms with van der Waals surface area (Å²) < 4.78 is 5.15. The second-order valence-electron chi connectivity index (χ2n) is 4.65. The number of carbonyl (C=O) groups excluding carboxylic acids is 1. The second-order valence-corrected chi connectivity index (χ2v) is 4.65. The summed E-state index contributed by atoms with van der Waals surface area (Å²) >= 11 is 0. The molecule has 0 spiro atoms. The average molecular weight is 362 g/mol. The van der Waals surface area contributed by atoms with Crippen LogP contribution in [0, 0.1) is 0 Å². The van der Waals surface area contributed by atoms with E-state index in [-0.39, 0.29) is 30.7 Å². The Labute approximate surface area is 147 Å². The van der Waals surface area contributed by atoms with E-state index >= 15 is 0 Å². The van der Waals surface area contributed by atoms with Crippen LogP contribution in [0.4, 0.5) is 0 Å². The lowest BCUT2D eigenvalue weighted by Gasteiger charge is -2.16. The van der Waals surface area contributed by atoms with Crippen LogP contribution in [0.15, 0.2) is 28.9 Å². The first-order valence-corrected chi connectivity index (χ1v) is 6.83. The maximum Gasteiger partial charge on any atom is 0.227 e. The molecule has 0 saturated carbocycles. The molecule has 2 rings (SSSR count). The van der Waals surface area contributed by atoms with Gasteiger partial charge in [0.05, 0.1) is 0 Å². The van der Waals surface area contributed by atoms with Crippen molar-refractivity contribution in [2.24, 2.45) is 0 Å². The van der Waals surface area contributed by atoms with Gasteiger partial charge in [0, 0.05) is 39.2 Å². The molecule has 1 amide bonds. The molecule has 0 fully saturated rings. The number of likely N-dealkylation sites (N-methyl/N-ethyl adjacent to an activating group) is 2. The molecule has 0 unspecified atom stereocenters. The smallest absolute Gasteiger partial charge is 0.227 e. The van der Waals surface area contributed by atoms with Crippen LogP contribution in [-0.4, -0.2) is 53.1 Å². The van der Waals surface area contributed by atoms with Crippen LogP contribution in [0.1, 0.15) is 12.3 Å². The Bertz CT molecular complexity index is 580. The first kappa shape index (κ1) is 21.3. The molecule has 2 heterocycles. The number of carbonyl (C=O) groups is 1. The number of aromatic nitrogens is 3. The van der Waals surface area contributed by atoms with Crippen LogP contribution >= 0.6 is 24.8 Å². The fraction of sp³-hybridized carbons (Fsp3) is 0.429. The Morgan fingerprint density at radius 1 is 1.35 bits per heavy atom. The standard InChI is InChI=1S/C14H19N5O2.2ClH/c1-15-9-10-19(2)13(20)7-6-12-17-14(18-21-12)11-5-3-4-8-16-11;;/h3-5,8,15H,6-7,9-10H2,1-2H3;2*1H. The first-order valence-electron chi connectivity index (χ1n) is 6.83. The van der Waals surface area contributed by atoms with Gasteiger partial charge in [-0.15, -0.1) is 24.8 Å². The number of pyridine rings is 1. The molecule has 7 nitrogen and oxygen atoms in total. The van der Waals surface area contributed by atoms with E-state index in [1.807, 2.05) is 25.2 Å². The minimum Gasteiger partial charge on any atom is -0.344 e. The fourth-order valence-electron chi connectivity index (χ4n) is 1.76. The third kappa shape index (κ3) is 6.52. The normalized spacial score (nSPS) is 9.65. The van der Waals surface area contributed by atoms with E-state index in [1.165, 1.54) is 0 Å². The molecular formula is C14H21Cl2N5O2. The Balaban J connectivity index is 0.00000242. The van der Waals surface area contributed by atoms with Gasteiger partial charge in [0.1, 0.15) is 5.69 Å². The predicted octanol–water partition coefficient (Wildman–Crippen LogP) is 1.59. The molecule has 0 atom stereocenters. The molecule has 0 aromatic carbocycles. The molecule has 0 aliphatic rings. The molecule has 0 bridgehead atoms. The minimum absolute atomic E-state index is 0. The van der Waals surface area contributed by atoms with Crippen molar-refractivity contribution >= 4 is 30.7 Å². The van der Waals surface area contributed by atoms with Gasteiger partial charge in [-0.3, -0.25) is 9.78 Å². The SMILES string of the molecule is CNCCN(C)C(=O)CCc1nc(-c2ccccn2)no1.Cl.Cl. The number of amides is 1. The molecule has 0 saturated heterocycles. The molecule has 1 N–H and O–H groups in total. The lowest BCUT2D eigenvalue weighted by Crippen LogP contribution is -2.32. The minimum atomic E-state index is 0. The largest absolute Gasteiger partial charge is 0.344 e. The van der Waals surface area contributed by atoms with Crippen molar-refractivity contribution in [2.45, 2.75) is 12.8 Å². The molecule has 128 valence electrons. The van der Waals surface area contributed by atoms with Crippen molar-refractivity contribution in [3.8, 4) is 11.5 Å². The van der Waals surface area contributed by atoms with Crippen LogP contribution < -0.4 is 5.32 Å². The number of hydrogen-bond acceptors (Lipinski definition) is 6. The van der Waals surface area contributed by atoms with Crippen molar-refractivity contribution in [1.29, 1.82) is 0 Å². The van der Waals surface area contributed by atoms with E-state index in [0.29, 0.717) is 36.8 Å². The van der Waals surface area contributed by atoms with Crippen LogP contribution in [0.5, 0.6) is 0 Å². The first-order chi connectivity index (χ1) is 10.2. The van der Waals surface area contributed by atoms with Crippen molar-refractivity contribution in [3.05, 3.63) is 30.3 Å². The van der Waals surface area contributed by atoms with Gasteiger partial charge in [-0.05, 0) is 19.2 Å². The third-order valence-corrected chi connectivity index (χ3v) is 3.04. The van der Waals surface area contributed by atoms with Crippen LogP contribution in [0.2, 0.25) is 0 Å². The molecule has 0 aliphatic carbocycles. The van der Waals surface area contributed by atoms with Crippen molar-refractivity contribution in [3.63, 3.8) is 0 Å². The van der Waals surface area contributed by atoms with Gasteiger partial charge < -0.3 is 14.7 Å². The Kier molecular flexibility index (Phi) is 10.1. The Morgan fingerprint density at radius 3 is 2.78 bits per heavy atom. The quantitative estimate of drug-likeness (QED) is 0.805.